The lowest BCUT2D eigenvalue weighted by atomic mass is 10.1. The molecule has 24 heavy (non-hydrogen) atoms. The zero-order valence-corrected chi connectivity index (χ0v) is 13.9. The summed E-state index contributed by atoms with van der Waals surface area (Å²) in [5.74, 6) is 0.607. The van der Waals surface area contributed by atoms with E-state index in [2.05, 4.69) is 9.88 Å². The largest absolute Gasteiger partial charge is 0.338 e. The molecular weight excluding hydrogens is 304 g/mol. The van der Waals surface area contributed by atoms with Crippen LogP contribution in [0, 0.1) is 6.92 Å². The smallest absolute Gasteiger partial charge is 0.261 e. The van der Waals surface area contributed by atoms with Crippen LogP contribution in [0.4, 0.5) is 0 Å². The Morgan fingerprint density at radius 1 is 1.25 bits per heavy atom. The Bertz CT molecular complexity index is 845. The molecule has 1 amide bonds. The Kier molecular flexibility index (Phi) is 3.84. The van der Waals surface area contributed by atoms with Gasteiger partial charge in [0.2, 0.25) is 5.91 Å². The highest BCUT2D eigenvalue weighted by Crippen LogP contribution is 2.21. The van der Waals surface area contributed by atoms with E-state index in [1.165, 1.54) is 17.4 Å². The first-order valence-corrected chi connectivity index (χ1v) is 8.61. The predicted octanol–water partition coefficient (Wildman–Crippen LogP) is 1.01. The first-order chi connectivity index (χ1) is 11.6. The lowest BCUT2D eigenvalue weighted by Gasteiger charge is -2.37. The second kappa shape index (κ2) is 6.02. The molecule has 0 radical (unpaired) electrons. The number of aryl methyl sites for hydroxylation is 1. The molecule has 126 valence electrons. The molecule has 0 bridgehead atoms. The van der Waals surface area contributed by atoms with Gasteiger partial charge in [0.25, 0.3) is 5.56 Å². The number of amides is 1. The maximum atomic E-state index is 12.7. The Morgan fingerprint density at radius 2 is 2.08 bits per heavy atom. The number of hydrogen-bond acceptors (Lipinski definition) is 4. The van der Waals surface area contributed by atoms with Gasteiger partial charge in [-0.15, -0.1) is 0 Å². The van der Waals surface area contributed by atoms with Gasteiger partial charge in [-0.2, -0.15) is 0 Å². The molecule has 1 aromatic carbocycles. The maximum absolute atomic E-state index is 12.7. The summed E-state index contributed by atoms with van der Waals surface area (Å²) in [7, 11) is 0. The van der Waals surface area contributed by atoms with Gasteiger partial charge in [-0.1, -0.05) is 12.1 Å². The van der Waals surface area contributed by atoms with Gasteiger partial charge in [0.05, 0.1) is 10.9 Å². The van der Waals surface area contributed by atoms with E-state index in [0.29, 0.717) is 22.8 Å². The highest BCUT2D eigenvalue weighted by atomic mass is 16.2. The highest BCUT2D eigenvalue weighted by Gasteiger charge is 2.32. The molecule has 6 heteroatoms. The fraction of sp³-hybridized carbons (Fsp3) is 0.500. The lowest BCUT2D eigenvalue weighted by Crippen LogP contribution is -2.53. The van der Waals surface area contributed by atoms with Crippen molar-refractivity contribution in [3.63, 3.8) is 0 Å². The molecule has 3 heterocycles. The van der Waals surface area contributed by atoms with Crippen LogP contribution in [-0.4, -0.2) is 57.5 Å². The third kappa shape index (κ3) is 2.60. The summed E-state index contributed by atoms with van der Waals surface area (Å²) in [4.78, 5) is 34.3. The van der Waals surface area contributed by atoms with E-state index < -0.39 is 0 Å². The van der Waals surface area contributed by atoms with Crippen LogP contribution in [-0.2, 0) is 11.3 Å². The minimum Gasteiger partial charge on any atom is -0.338 e. The molecule has 2 saturated heterocycles. The van der Waals surface area contributed by atoms with Crippen molar-refractivity contribution in [2.75, 3.05) is 26.2 Å². The predicted molar refractivity (Wildman–Crippen MR) is 91.9 cm³/mol. The minimum atomic E-state index is -0.133. The number of benzene rings is 1. The minimum absolute atomic E-state index is 0.0174. The summed E-state index contributed by atoms with van der Waals surface area (Å²) in [6.07, 6.45) is 2.39. The molecule has 2 aliphatic rings. The first-order valence-electron chi connectivity index (χ1n) is 8.61. The topological polar surface area (TPSA) is 58.4 Å². The zero-order valence-electron chi connectivity index (χ0n) is 13.9. The standard InChI is InChI=1S/C18H22N4O2/c1-13-19-16-7-3-2-6-15(16)18(24)22(13)12-17(23)21-10-9-20-8-4-5-14(20)11-21/h2-3,6-7,14H,4-5,8-12H2,1H3. The van der Waals surface area contributed by atoms with E-state index in [1.54, 1.807) is 13.0 Å². The molecule has 2 aliphatic heterocycles. The van der Waals surface area contributed by atoms with Crippen LogP contribution in [0.2, 0.25) is 0 Å². The second-order valence-electron chi connectivity index (χ2n) is 6.74. The number of carbonyl (C=O) groups excluding carboxylic acids is 1. The van der Waals surface area contributed by atoms with Crippen molar-refractivity contribution in [2.45, 2.75) is 32.4 Å². The summed E-state index contributed by atoms with van der Waals surface area (Å²) in [5.41, 5.74) is 0.550. The lowest BCUT2D eigenvalue weighted by molar-refractivity contribution is -0.134. The van der Waals surface area contributed by atoms with Crippen molar-refractivity contribution >= 4 is 16.8 Å². The number of nitrogens with zero attached hydrogens (tertiary/aromatic N) is 4. The second-order valence-corrected chi connectivity index (χ2v) is 6.74. The van der Waals surface area contributed by atoms with E-state index in [-0.39, 0.29) is 18.0 Å². The Hall–Kier alpha value is -2.21. The average Bonchev–Trinajstić information content (AvgIpc) is 3.06. The van der Waals surface area contributed by atoms with Crippen LogP contribution in [0.15, 0.2) is 29.1 Å². The molecule has 1 aromatic heterocycles. The van der Waals surface area contributed by atoms with Gasteiger partial charge in [-0.05, 0) is 38.4 Å². The fourth-order valence-electron chi connectivity index (χ4n) is 3.92. The fourth-order valence-corrected chi connectivity index (χ4v) is 3.92. The number of fused-ring (bicyclic) bond motifs is 2. The van der Waals surface area contributed by atoms with Crippen LogP contribution >= 0.6 is 0 Å². The molecule has 2 aromatic rings. The van der Waals surface area contributed by atoms with Gasteiger partial charge in [0.1, 0.15) is 12.4 Å². The van der Waals surface area contributed by atoms with Crippen LogP contribution in [0.25, 0.3) is 10.9 Å². The van der Waals surface area contributed by atoms with E-state index in [1.807, 2.05) is 23.1 Å². The van der Waals surface area contributed by atoms with E-state index in [4.69, 9.17) is 0 Å². The number of para-hydroxylation sites is 1. The SMILES string of the molecule is Cc1nc2ccccc2c(=O)n1CC(=O)N1CCN2CCCC2C1. The number of aromatic nitrogens is 2. The monoisotopic (exact) mass is 326 g/mol. The molecule has 6 nitrogen and oxygen atoms in total. The third-order valence-corrected chi connectivity index (χ3v) is 5.29. The Morgan fingerprint density at radius 3 is 2.96 bits per heavy atom. The van der Waals surface area contributed by atoms with Crippen LogP contribution in [0.1, 0.15) is 18.7 Å². The van der Waals surface area contributed by atoms with Gasteiger partial charge in [0.15, 0.2) is 0 Å². The van der Waals surface area contributed by atoms with Gasteiger partial charge in [-0.25, -0.2) is 4.98 Å². The first kappa shape index (κ1) is 15.3. The number of rotatable bonds is 2. The van der Waals surface area contributed by atoms with Gasteiger partial charge < -0.3 is 4.90 Å². The van der Waals surface area contributed by atoms with Crippen LogP contribution < -0.4 is 5.56 Å². The molecule has 2 fully saturated rings. The molecule has 0 saturated carbocycles. The van der Waals surface area contributed by atoms with Crippen LogP contribution in [0.3, 0.4) is 0 Å². The third-order valence-electron chi connectivity index (χ3n) is 5.29. The zero-order chi connectivity index (χ0) is 16.7. The van der Waals surface area contributed by atoms with Crippen molar-refractivity contribution in [3.8, 4) is 0 Å². The molecule has 1 unspecified atom stereocenters. The number of carbonyl (C=O) groups is 1. The molecule has 0 N–H and O–H groups in total. The summed E-state index contributed by atoms with van der Waals surface area (Å²) in [6.45, 7) is 5.50. The number of piperazine rings is 1. The average molecular weight is 326 g/mol. The van der Waals surface area contributed by atoms with Gasteiger partial charge in [-0.3, -0.25) is 19.1 Å². The molecule has 4 rings (SSSR count). The Balaban J connectivity index is 1.58. The highest BCUT2D eigenvalue weighted by molar-refractivity contribution is 5.79. The Labute approximate surface area is 140 Å². The number of hydrogen-bond donors (Lipinski definition) is 0. The molecular formula is C18H22N4O2. The molecule has 0 aliphatic carbocycles. The van der Waals surface area contributed by atoms with Crippen molar-refractivity contribution in [3.05, 3.63) is 40.4 Å². The maximum Gasteiger partial charge on any atom is 0.261 e. The summed E-state index contributed by atoms with van der Waals surface area (Å²) < 4.78 is 1.51. The van der Waals surface area contributed by atoms with Gasteiger partial charge in [0, 0.05) is 25.7 Å². The van der Waals surface area contributed by atoms with E-state index in [0.717, 1.165) is 26.2 Å². The molecule has 1 atom stereocenters. The van der Waals surface area contributed by atoms with Crippen molar-refractivity contribution in [2.24, 2.45) is 0 Å². The summed E-state index contributed by atoms with van der Waals surface area (Å²) in [5, 5.41) is 0.566. The van der Waals surface area contributed by atoms with Crippen molar-refractivity contribution in [1.82, 2.24) is 19.4 Å². The quantitative estimate of drug-likeness (QED) is 0.826. The van der Waals surface area contributed by atoms with E-state index >= 15 is 0 Å². The summed E-state index contributed by atoms with van der Waals surface area (Å²) >= 11 is 0. The van der Waals surface area contributed by atoms with E-state index in [9.17, 15) is 9.59 Å². The van der Waals surface area contributed by atoms with Gasteiger partial charge >= 0.3 is 0 Å². The van der Waals surface area contributed by atoms with Crippen molar-refractivity contribution < 1.29 is 4.79 Å². The van der Waals surface area contributed by atoms with Crippen molar-refractivity contribution in [1.29, 1.82) is 0 Å². The molecule has 0 spiro atoms. The summed E-state index contributed by atoms with van der Waals surface area (Å²) in [6, 6.07) is 7.78. The van der Waals surface area contributed by atoms with Crippen LogP contribution in [0.5, 0.6) is 0 Å². The normalized spacial score (nSPS) is 21.2.